The summed E-state index contributed by atoms with van der Waals surface area (Å²) in [6, 6.07) is 16.7. The Kier molecular flexibility index (Phi) is 4.95. The first-order chi connectivity index (χ1) is 15.7. The van der Waals surface area contributed by atoms with Crippen molar-refractivity contribution in [2.75, 3.05) is 5.32 Å². The smallest absolute Gasteiger partial charge is 0.274 e. The minimum absolute atomic E-state index is 0.244. The van der Waals surface area contributed by atoms with Gasteiger partial charge in [0.2, 0.25) is 0 Å². The number of benzene rings is 1. The molecule has 0 radical (unpaired) electrons. The molecule has 0 saturated carbocycles. The largest absolute Gasteiger partial charge is 0.320 e. The van der Waals surface area contributed by atoms with Crippen LogP contribution in [0.25, 0.3) is 16.6 Å². The summed E-state index contributed by atoms with van der Waals surface area (Å²) in [6.45, 7) is 2.45. The van der Waals surface area contributed by atoms with Crippen LogP contribution >= 0.6 is 0 Å². The highest BCUT2D eigenvalue weighted by Gasteiger charge is 2.18. The maximum Gasteiger partial charge on any atom is 0.274 e. The summed E-state index contributed by atoms with van der Waals surface area (Å²) < 4.78 is 3.61. The van der Waals surface area contributed by atoms with E-state index in [9.17, 15) is 9.59 Å². The number of amides is 1. The Morgan fingerprint density at radius 2 is 1.97 bits per heavy atom. The minimum atomic E-state index is -0.244. The Bertz CT molecular complexity index is 1470. The van der Waals surface area contributed by atoms with E-state index < -0.39 is 0 Å². The van der Waals surface area contributed by atoms with E-state index in [1.54, 1.807) is 22.7 Å². The predicted molar refractivity (Wildman–Crippen MR) is 121 cm³/mol. The number of nitrogens with one attached hydrogen (secondary N) is 1. The zero-order valence-electron chi connectivity index (χ0n) is 17.4. The molecular weight excluding hydrogens is 404 g/mol. The molecular formula is C24H20N6O2. The molecule has 1 aromatic carbocycles. The second-order valence-corrected chi connectivity index (χ2v) is 7.36. The van der Waals surface area contributed by atoms with Gasteiger partial charge in [0.1, 0.15) is 17.0 Å². The standard InChI is InChI=1S/C24H20N6O2/c1-2-18-23-19(27-24(32)21-13-25-22-11-3-4-12-29(21)22)9-6-10-20(23)30(28-18)14-16-7-5-8-17(15-31)26-16/h3-13,15H,2,14H2,1H3,(H,27,32). The van der Waals surface area contributed by atoms with Gasteiger partial charge >= 0.3 is 0 Å². The second-order valence-electron chi connectivity index (χ2n) is 7.36. The van der Waals surface area contributed by atoms with Crippen molar-refractivity contribution in [3.8, 4) is 0 Å². The van der Waals surface area contributed by atoms with Crippen molar-refractivity contribution in [2.24, 2.45) is 0 Å². The lowest BCUT2D eigenvalue weighted by Crippen LogP contribution is -2.14. The summed E-state index contributed by atoms with van der Waals surface area (Å²) in [5, 5.41) is 8.69. The van der Waals surface area contributed by atoms with E-state index >= 15 is 0 Å². The lowest BCUT2D eigenvalue weighted by molar-refractivity contribution is 0.102. The number of aldehydes is 1. The average molecular weight is 424 g/mol. The second kappa shape index (κ2) is 8.07. The molecule has 1 N–H and O–H groups in total. The van der Waals surface area contributed by atoms with Crippen LogP contribution < -0.4 is 5.32 Å². The van der Waals surface area contributed by atoms with Crippen LogP contribution in [0.15, 0.2) is 67.0 Å². The van der Waals surface area contributed by atoms with Crippen molar-refractivity contribution in [1.82, 2.24) is 24.1 Å². The molecule has 32 heavy (non-hydrogen) atoms. The maximum atomic E-state index is 13.1. The number of rotatable bonds is 6. The van der Waals surface area contributed by atoms with Crippen LogP contribution in [0.5, 0.6) is 0 Å². The average Bonchev–Trinajstić information content (AvgIpc) is 3.41. The van der Waals surface area contributed by atoms with Gasteiger partial charge in [0, 0.05) is 11.6 Å². The number of pyridine rings is 2. The Morgan fingerprint density at radius 3 is 2.81 bits per heavy atom. The summed E-state index contributed by atoms with van der Waals surface area (Å²) in [6.07, 6.45) is 4.82. The fourth-order valence-electron chi connectivity index (χ4n) is 3.87. The zero-order valence-corrected chi connectivity index (χ0v) is 17.4. The molecule has 0 spiro atoms. The van der Waals surface area contributed by atoms with Gasteiger partial charge < -0.3 is 5.32 Å². The van der Waals surface area contributed by atoms with E-state index in [2.05, 4.69) is 15.3 Å². The topological polar surface area (TPSA) is 94.2 Å². The first kappa shape index (κ1) is 19.6. The Balaban J connectivity index is 1.53. The zero-order chi connectivity index (χ0) is 22.1. The van der Waals surface area contributed by atoms with Gasteiger partial charge in [-0.25, -0.2) is 9.97 Å². The molecule has 4 heterocycles. The number of hydrogen-bond donors (Lipinski definition) is 1. The molecule has 0 bridgehead atoms. The third-order valence-electron chi connectivity index (χ3n) is 5.34. The van der Waals surface area contributed by atoms with Crippen LogP contribution in [0, 0.1) is 0 Å². The molecule has 0 atom stereocenters. The number of carbonyl (C=O) groups excluding carboxylic acids is 2. The number of fused-ring (bicyclic) bond motifs is 2. The SMILES string of the molecule is CCc1nn(Cc2cccc(C=O)n2)c2cccc(NC(=O)c3cnc4ccccn34)c12. The van der Waals surface area contributed by atoms with Crippen molar-refractivity contribution in [1.29, 1.82) is 0 Å². The van der Waals surface area contributed by atoms with E-state index in [-0.39, 0.29) is 5.91 Å². The van der Waals surface area contributed by atoms with Crippen LogP contribution in [-0.4, -0.2) is 36.3 Å². The Morgan fingerprint density at radius 1 is 1.09 bits per heavy atom. The van der Waals surface area contributed by atoms with E-state index in [1.807, 2.05) is 60.3 Å². The highest BCUT2D eigenvalue weighted by molar-refractivity contribution is 6.08. The summed E-state index contributed by atoms with van der Waals surface area (Å²) in [4.78, 5) is 32.8. The third-order valence-corrected chi connectivity index (χ3v) is 5.34. The lowest BCUT2D eigenvalue weighted by Gasteiger charge is -2.08. The predicted octanol–water partition coefficient (Wildman–Crippen LogP) is 3.75. The first-order valence-corrected chi connectivity index (χ1v) is 10.3. The highest BCUT2D eigenvalue weighted by atomic mass is 16.2. The monoisotopic (exact) mass is 424 g/mol. The third kappa shape index (κ3) is 3.41. The number of aromatic nitrogens is 5. The fraction of sp³-hybridized carbons (Fsp3) is 0.125. The van der Waals surface area contributed by atoms with Crippen molar-refractivity contribution in [3.63, 3.8) is 0 Å². The van der Waals surface area contributed by atoms with Crippen molar-refractivity contribution in [2.45, 2.75) is 19.9 Å². The van der Waals surface area contributed by atoms with E-state index in [0.717, 1.165) is 28.6 Å². The number of anilines is 1. The molecule has 1 amide bonds. The van der Waals surface area contributed by atoms with Gasteiger partial charge in [0.05, 0.1) is 35.3 Å². The molecule has 0 fully saturated rings. The van der Waals surface area contributed by atoms with Gasteiger partial charge in [-0.3, -0.25) is 18.7 Å². The fourth-order valence-corrected chi connectivity index (χ4v) is 3.87. The number of imidazole rings is 1. The molecule has 0 aliphatic heterocycles. The van der Waals surface area contributed by atoms with Crippen LogP contribution in [0.1, 0.15) is 39.3 Å². The van der Waals surface area contributed by atoms with Crippen LogP contribution in [-0.2, 0) is 13.0 Å². The maximum absolute atomic E-state index is 13.1. The summed E-state index contributed by atoms with van der Waals surface area (Å²) in [7, 11) is 0. The first-order valence-electron chi connectivity index (χ1n) is 10.3. The molecule has 5 aromatic rings. The van der Waals surface area contributed by atoms with Gasteiger partial charge in [-0.15, -0.1) is 0 Å². The van der Waals surface area contributed by atoms with Crippen molar-refractivity contribution >= 4 is 34.4 Å². The molecule has 8 nitrogen and oxygen atoms in total. The van der Waals surface area contributed by atoms with Gasteiger partial charge in [-0.1, -0.05) is 25.1 Å². The molecule has 158 valence electrons. The summed E-state index contributed by atoms with van der Waals surface area (Å²) in [5.41, 5.74) is 4.74. The minimum Gasteiger partial charge on any atom is -0.320 e. The molecule has 5 rings (SSSR count). The van der Waals surface area contributed by atoms with E-state index in [0.29, 0.717) is 35.7 Å². The summed E-state index contributed by atoms with van der Waals surface area (Å²) in [5.74, 6) is -0.244. The van der Waals surface area contributed by atoms with E-state index in [4.69, 9.17) is 5.10 Å². The van der Waals surface area contributed by atoms with Crippen LogP contribution in [0.4, 0.5) is 5.69 Å². The van der Waals surface area contributed by atoms with Crippen molar-refractivity contribution in [3.05, 3.63) is 89.8 Å². The van der Waals surface area contributed by atoms with Gasteiger partial charge in [0.25, 0.3) is 5.91 Å². The number of nitrogens with zero attached hydrogens (tertiary/aromatic N) is 5. The normalized spacial score (nSPS) is 11.2. The number of hydrogen-bond acceptors (Lipinski definition) is 5. The van der Waals surface area contributed by atoms with Gasteiger partial charge in [0.15, 0.2) is 6.29 Å². The van der Waals surface area contributed by atoms with Crippen LogP contribution in [0.3, 0.4) is 0 Å². The quantitative estimate of drug-likeness (QED) is 0.419. The van der Waals surface area contributed by atoms with Crippen LogP contribution in [0.2, 0.25) is 0 Å². The molecule has 4 aromatic heterocycles. The van der Waals surface area contributed by atoms with Gasteiger partial charge in [-0.2, -0.15) is 5.10 Å². The Hall–Kier alpha value is -4.33. The molecule has 0 unspecified atom stereocenters. The molecule has 0 saturated heterocycles. The van der Waals surface area contributed by atoms with E-state index in [1.165, 1.54) is 0 Å². The Labute approximate surface area is 183 Å². The van der Waals surface area contributed by atoms with Gasteiger partial charge in [-0.05, 0) is 42.8 Å². The molecule has 0 aliphatic rings. The van der Waals surface area contributed by atoms with Crippen molar-refractivity contribution < 1.29 is 9.59 Å². The molecule has 0 aliphatic carbocycles. The molecule has 8 heteroatoms. The number of carbonyl (C=O) groups is 2. The summed E-state index contributed by atoms with van der Waals surface area (Å²) >= 11 is 0. The highest BCUT2D eigenvalue weighted by Crippen LogP contribution is 2.28. The lowest BCUT2D eigenvalue weighted by atomic mass is 10.1. The number of aryl methyl sites for hydroxylation is 1.